The van der Waals surface area contributed by atoms with Crippen LogP contribution in [0.5, 0.6) is 0 Å². The van der Waals surface area contributed by atoms with E-state index in [1.54, 1.807) is 24.3 Å². The number of aromatic carboxylic acids is 1. The minimum Gasteiger partial charge on any atom is -0.478 e. The van der Waals surface area contributed by atoms with E-state index >= 15 is 0 Å². The first-order valence-corrected chi connectivity index (χ1v) is 10.7. The van der Waals surface area contributed by atoms with Crippen LogP contribution >= 0.6 is 11.3 Å². The van der Waals surface area contributed by atoms with E-state index < -0.39 is 17.7 Å². The Morgan fingerprint density at radius 3 is 2.39 bits per heavy atom. The molecule has 0 spiro atoms. The number of carbonyl (C=O) groups excluding carboxylic acids is 1. The van der Waals surface area contributed by atoms with E-state index in [4.69, 9.17) is 5.11 Å². The number of rotatable bonds is 6. The van der Waals surface area contributed by atoms with Gasteiger partial charge in [-0.1, -0.05) is 30.3 Å². The fourth-order valence-electron chi connectivity index (χ4n) is 3.29. The highest BCUT2D eigenvalue weighted by atomic mass is 32.1. The maximum Gasteiger partial charge on any atom is 0.416 e. The van der Waals surface area contributed by atoms with Gasteiger partial charge in [0.2, 0.25) is 5.91 Å². The molecule has 1 amide bonds. The van der Waals surface area contributed by atoms with Gasteiger partial charge in [-0.3, -0.25) is 4.79 Å². The number of thiazole rings is 1. The van der Waals surface area contributed by atoms with Gasteiger partial charge in [0.15, 0.2) is 0 Å². The molecule has 168 valence electrons. The van der Waals surface area contributed by atoms with Crippen LogP contribution in [0.3, 0.4) is 0 Å². The Morgan fingerprint density at radius 1 is 0.970 bits per heavy atom. The monoisotopic (exact) mass is 470 g/mol. The number of carbonyl (C=O) groups is 2. The topological polar surface area (TPSA) is 79.3 Å². The molecular weight excluding hydrogens is 453 g/mol. The lowest BCUT2D eigenvalue weighted by Gasteiger charge is -2.07. The fourth-order valence-corrected chi connectivity index (χ4v) is 4.30. The normalized spacial score (nSPS) is 11.5. The maximum atomic E-state index is 12.8. The molecule has 0 bridgehead atoms. The molecule has 9 heteroatoms. The zero-order valence-corrected chi connectivity index (χ0v) is 17.8. The Hall–Kier alpha value is -3.72. The van der Waals surface area contributed by atoms with Crippen molar-refractivity contribution in [2.75, 3.05) is 0 Å². The summed E-state index contributed by atoms with van der Waals surface area (Å²) in [4.78, 5) is 27.8. The summed E-state index contributed by atoms with van der Waals surface area (Å²) in [6.07, 6.45) is -4.32. The van der Waals surface area contributed by atoms with Crippen molar-refractivity contribution in [3.05, 3.63) is 88.4 Å². The summed E-state index contributed by atoms with van der Waals surface area (Å²) in [6, 6.07) is 16.7. The Kier molecular flexibility index (Phi) is 6.15. The summed E-state index contributed by atoms with van der Waals surface area (Å²) in [6.45, 7) is 0.197. The quantitative estimate of drug-likeness (QED) is 0.388. The molecule has 0 saturated carbocycles. The van der Waals surface area contributed by atoms with E-state index in [0.29, 0.717) is 21.7 Å². The van der Waals surface area contributed by atoms with Crippen LogP contribution < -0.4 is 5.32 Å². The summed E-state index contributed by atoms with van der Waals surface area (Å²) in [5.74, 6) is -1.29. The number of hydrogen-bond acceptors (Lipinski definition) is 4. The zero-order chi connectivity index (χ0) is 23.6. The van der Waals surface area contributed by atoms with Gasteiger partial charge in [-0.25, -0.2) is 9.78 Å². The van der Waals surface area contributed by atoms with Crippen LogP contribution in [0.1, 0.15) is 26.5 Å². The Morgan fingerprint density at radius 2 is 1.70 bits per heavy atom. The van der Waals surface area contributed by atoms with Crippen molar-refractivity contribution in [1.29, 1.82) is 0 Å². The van der Waals surface area contributed by atoms with E-state index in [1.165, 1.54) is 35.6 Å². The van der Waals surface area contributed by atoms with Crippen LogP contribution in [0.4, 0.5) is 13.2 Å². The molecule has 0 unspecified atom stereocenters. The highest BCUT2D eigenvalue weighted by molar-refractivity contribution is 7.18. The molecule has 1 heterocycles. The zero-order valence-electron chi connectivity index (χ0n) is 17.0. The molecule has 3 aromatic carbocycles. The van der Waals surface area contributed by atoms with Gasteiger partial charge in [0.05, 0.1) is 27.8 Å². The third-order valence-corrected chi connectivity index (χ3v) is 5.97. The summed E-state index contributed by atoms with van der Waals surface area (Å²) < 4.78 is 39.1. The van der Waals surface area contributed by atoms with Crippen molar-refractivity contribution in [3.63, 3.8) is 0 Å². The molecule has 4 rings (SSSR count). The summed E-state index contributed by atoms with van der Waals surface area (Å²) in [5, 5.41) is 12.4. The van der Waals surface area contributed by atoms with Gasteiger partial charge in [0.1, 0.15) is 5.01 Å². The van der Waals surface area contributed by atoms with Crippen LogP contribution in [0, 0.1) is 0 Å². The molecule has 0 aliphatic carbocycles. The second-order valence-electron chi connectivity index (χ2n) is 7.32. The van der Waals surface area contributed by atoms with Gasteiger partial charge in [-0.15, -0.1) is 11.3 Å². The molecule has 0 saturated heterocycles. The molecule has 0 aliphatic heterocycles. The van der Waals surface area contributed by atoms with Gasteiger partial charge in [0, 0.05) is 6.54 Å². The van der Waals surface area contributed by atoms with Crippen LogP contribution in [0.25, 0.3) is 21.3 Å². The summed E-state index contributed by atoms with van der Waals surface area (Å²) in [5.41, 5.74) is 2.24. The minimum absolute atomic E-state index is 0.0631. The summed E-state index contributed by atoms with van der Waals surface area (Å²) >= 11 is 1.34. The third kappa shape index (κ3) is 5.38. The number of nitrogens with one attached hydrogen (secondary N) is 1. The molecule has 0 atom stereocenters. The first-order chi connectivity index (χ1) is 15.7. The van der Waals surface area contributed by atoms with Gasteiger partial charge >= 0.3 is 12.1 Å². The van der Waals surface area contributed by atoms with E-state index in [9.17, 15) is 22.8 Å². The van der Waals surface area contributed by atoms with Crippen LogP contribution in [-0.4, -0.2) is 22.0 Å². The minimum atomic E-state index is -4.38. The van der Waals surface area contributed by atoms with Crippen molar-refractivity contribution in [2.45, 2.75) is 19.1 Å². The predicted molar refractivity (Wildman–Crippen MR) is 119 cm³/mol. The molecule has 0 fully saturated rings. The average Bonchev–Trinajstić information content (AvgIpc) is 3.18. The van der Waals surface area contributed by atoms with Crippen molar-refractivity contribution in [2.24, 2.45) is 0 Å². The molecule has 0 radical (unpaired) electrons. The Balaban J connectivity index is 1.43. The number of carboxylic acid groups (broad SMARTS) is 1. The van der Waals surface area contributed by atoms with Gasteiger partial charge < -0.3 is 10.4 Å². The molecule has 4 aromatic rings. The van der Waals surface area contributed by atoms with Crippen LogP contribution in [0.2, 0.25) is 0 Å². The lowest BCUT2D eigenvalue weighted by molar-refractivity contribution is -0.137. The maximum absolute atomic E-state index is 12.8. The van der Waals surface area contributed by atoms with E-state index in [-0.39, 0.29) is 24.4 Å². The summed E-state index contributed by atoms with van der Waals surface area (Å²) in [7, 11) is 0. The average molecular weight is 470 g/mol. The lowest BCUT2D eigenvalue weighted by atomic mass is 10.0. The highest BCUT2D eigenvalue weighted by Gasteiger charge is 2.30. The Labute approximate surface area is 190 Å². The first kappa shape index (κ1) is 22.5. The van der Waals surface area contributed by atoms with E-state index in [1.807, 2.05) is 6.07 Å². The van der Waals surface area contributed by atoms with Gasteiger partial charge in [0.25, 0.3) is 0 Å². The number of halogens is 3. The van der Waals surface area contributed by atoms with E-state index in [2.05, 4.69) is 10.3 Å². The van der Waals surface area contributed by atoms with Gasteiger partial charge in [-0.05, 0) is 53.1 Å². The number of alkyl halides is 3. The molecule has 5 nitrogen and oxygen atoms in total. The number of carboxylic acids is 1. The highest BCUT2D eigenvalue weighted by Crippen LogP contribution is 2.32. The van der Waals surface area contributed by atoms with Crippen molar-refractivity contribution in [1.82, 2.24) is 10.3 Å². The number of fused-ring (bicyclic) bond motifs is 1. The van der Waals surface area contributed by atoms with Crippen molar-refractivity contribution < 1.29 is 27.9 Å². The van der Waals surface area contributed by atoms with Crippen LogP contribution in [0.15, 0.2) is 66.7 Å². The van der Waals surface area contributed by atoms with Crippen molar-refractivity contribution in [3.8, 4) is 11.1 Å². The number of amides is 1. The largest absolute Gasteiger partial charge is 0.478 e. The fraction of sp³-hybridized carbons (Fsp3) is 0.125. The standard InChI is InChI=1S/C24H17F3N2O3S/c25-24(26,27)18-7-4-15(5-8-18)16-6-9-19-20(11-16)33-22(29-19)12-21(30)28-13-14-2-1-3-17(10-14)23(31)32/h1-11H,12-13H2,(H,28,30)(H,31,32). The van der Waals surface area contributed by atoms with Crippen molar-refractivity contribution >= 4 is 33.4 Å². The number of benzene rings is 3. The predicted octanol–water partition coefficient (Wildman–Crippen LogP) is 5.54. The van der Waals surface area contributed by atoms with Crippen LogP contribution in [-0.2, 0) is 23.9 Å². The lowest BCUT2D eigenvalue weighted by Crippen LogP contribution is -2.24. The third-order valence-electron chi connectivity index (χ3n) is 4.95. The van der Waals surface area contributed by atoms with Gasteiger partial charge in [-0.2, -0.15) is 13.2 Å². The first-order valence-electron chi connectivity index (χ1n) is 9.85. The smallest absolute Gasteiger partial charge is 0.416 e. The van der Waals surface area contributed by atoms with E-state index in [0.717, 1.165) is 22.4 Å². The molecule has 33 heavy (non-hydrogen) atoms. The SMILES string of the molecule is O=C(Cc1nc2ccc(-c3ccc(C(F)(F)F)cc3)cc2s1)NCc1cccc(C(=O)O)c1. The Bertz CT molecular complexity index is 1330. The molecule has 2 N–H and O–H groups in total. The number of aromatic nitrogens is 1. The number of nitrogens with zero attached hydrogens (tertiary/aromatic N) is 1. The molecule has 0 aliphatic rings. The second-order valence-corrected chi connectivity index (χ2v) is 8.44. The number of hydrogen-bond donors (Lipinski definition) is 2. The second kappa shape index (κ2) is 9.03. The molecule has 1 aromatic heterocycles. The molecular formula is C24H17F3N2O3S.